The van der Waals surface area contributed by atoms with Crippen molar-refractivity contribution in [1.29, 1.82) is 0 Å². The second-order valence-electron chi connectivity index (χ2n) is 1.87. The highest BCUT2D eigenvalue weighted by Gasteiger charge is 1.99. The Labute approximate surface area is 47.5 Å². The fraction of sp³-hybridized carbons (Fsp3) is 0.167. The molecule has 2 heteroatoms. The standard InChI is InChI=1S/C6H6N2/c1-2-6-4-7-5-8(6)3-1/h1-2,4-5H,3H2. The van der Waals surface area contributed by atoms with Crippen LogP contribution in [0.4, 0.5) is 0 Å². The third kappa shape index (κ3) is 0.346. The van der Waals surface area contributed by atoms with E-state index in [9.17, 15) is 0 Å². The van der Waals surface area contributed by atoms with Crippen LogP contribution in [0.5, 0.6) is 0 Å². The highest BCUT2D eigenvalue weighted by molar-refractivity contribution is 5.47. The Hall–Kier alpha value is -1.05. The number of hydrogen-bond acceptors (Lipinski definition) is 1. The van der Waals surface area contributed by atoms with Crippen molar-refractivity contribution in [3.63, 3.8) is 0 Å². The first-order chi connectivity index (χ1) is 3.97. The van der Waals surface area contributed by atoms with E-state index in [4.69, 9.17) is 0 Å². The van der Waals surface area contributed by atoms with E-state index in [0.717, 1.165) is 6.54 Å². The molecule has 2 heterocycles. The van der Waals surface area contributed by atoms with E-state index in [-0.39, 0.29) is 0 Å². The molecule has 1 aromatic heterocycles. The van der Waals surface area contributed by atoms with Gasteiger partial charge in [-0.3, -0.25) is 0 Å². The second kappa shape index (κ2) is 1.22. The summed E-state index contributed by atoms with van der Waals surface area (Å²) in [5.74, 6) is 0. The molecule has 1 aliphatic rings. The molecule has 1 aromatic rings. The molecule has 2 rings (SSSR count). The van der Waals surface area contributed by atoms with Crippen LogP contribution in [-0.2, 0) is 6.54 Å². The minimum Gasteiger partial charge on any atom is -0.327 e. The van der Waals surface area contributed by atoms with Crippen LogP contribution < -0.4 is 0 Å². The molecule has 40 valence electrons. The van der Waals surface area contributed by atoms with Crippen molar-refractivity contribution in [2.45, 2.75) is 6.54 Å². The summed E-state index contributed by atoms with van der Waals surface area (Å²) in [5.41, 5.74) is 1.21. The maximum atomic E-state index is 3.96. The Morgan fingerprint density at radius 3 is 3.50 bits per heavy atom. The van der Waals surface area contributed by atoms with Gasteiger partial charge in [0.25, 0.3) is 0 Å². The zero-order valence-electron chi connectivity index (χ0n) is 4.41. The maximum Gasteiger partial charge on any atom is 0.0953 e. The van der Waals surface area contributed by atoms with Gasteiger partial charge in [-0.05, 0) is 6.08 Å². The Morgan fingerprint density at radius 1 is 1.62 bits per heavy atom. The summed E-state index contributed by atoms with van der Waals surface area (Å²) < 4.78 is 2.10. The van der Waals surface area contributed by atoms with Gasteiger partial charge >= 0.3 is 0 Å². The predicted molar refractivity (Wildman–Crippen MR) is 31.3 cm³/mol. The van der Waals surface area contributed by atoms with Gasteiger partial charge in [0.1, 0.15) is 0 Å². The fourth-order valence-electron chi connectivity index (χ4n) is 0.909. The zero-order chi connectivity index (χ0) is 5.40. The average Bonchev–Trinajstić information content (AvgIpc) is 2.15. The Morgan fingerprint density at radius 2 is 2.62 bits per heavy atom. The number of aromatic nitrogens is 2. The first-order valence-corrected chi connectivity index (χ1v) is 2.63. The van der Waals surface area contributed by atoms with Gasteiger partial charge < -0.3 is 4.57 Å². The van der Waals surface area contributed by atoms with Crippen molar-refractivity contribution >= 4 is 6.08 Å². The third-order valence-electron chi connectivity index (χ3n) is 1.34. The molecule has 0 atom stereocenters. The second-order valence-corrected chi connectivity index (χ2v) is 1.87. The van der Waals surface area contributed by atoms with Crippen molar-refractivity contribution in [2.24, 2.45) is 0 Å². The molecule has 0 amide bonds. The summed E-state index contributed by atoms with van der Waals surface area (Å²) in [6.07, 6.45) is 7.91. The Kier molecular flexibility index (Phi) is 0.592. The van der Waals surface area contributed by atoms with Crippen LogP contribution in [0.15, 0.2) is 18.6 Å². The highest BCUT2D eigenvalue weighted by atomic mass is 15.0. The zero-order valence-corrected chi connectivity index (χ0v) is 4.41. The van der Waals surface area contributed by atoms with Crippen LogP contribution in [-0.4, -0.2) is 9.55 Å². The molecular formula is C6H6N2. The first-order valence-electron chi connectivity index (χ1n) is 2.63. The molecule has 0 bridgehead atoms. The van der Waals surface area contributed by atoms with E-state index in [2.05, 4.69) is 21.7 Å². The van der Waals surface area contributed by atoms with Gasteiger partial charge in [-0.25, -0.2) is 4.98 Å². The monoisotopic (exact) mass is 106 g/mol. The van der Waals surface area contributed by atoms with Gasteiger partial charge in [-0.1, -0.05) is 6.08 Å². The van der Waals surface area contributed by atoms with Gasteiger partial charge in [-0.15, -0.1) is 0 Å². The number of nitrogens with zero attached hydrogens (tertiary/aromatic N) is 2. The van der Waals surface area contributed by atoms with Gasteiger partial charge in [0.15, 0.2) is 0 Å². The van der Waals surface area contributed by atoms with Crippen molar-refractivity contribution in [2.75, 3.05) is 0 Å². The summed E-state index contributed by atoms with van der Waals surface area (Å²) in [7, 11) is 0. The van der Waals surface area contributed by atoms with Gasteiger partial charge in [-0.2, -0.15) is 0 Å². The molecule has 0 N–H and O–H groups in total. The number of allylic oxidation sites excluding steroid dienone is 1. The highest BCUT2D eigenvalue weighted by Crippen LogP contribution is 2.08. The van der Waals surface area contributed by atoms with Gasteiger partial charge in [0, 0.05) is 6.54 Å². The van der Waals surface area contributed by atoms with E-state index in [1.165, 1.54) is 5.69 Å². The molecular weight excluding hydrogens is 100 g/mol. The van der Waals surface area contributed by atoms with Crippen LogP contribution in [0.25, 0.3) is 6.08 Å². The molecule has 1 aliphatic heterocycles. The third-order valence-corrected chi connectivity index (χ3v) is 1.34. The van der Waals surface area contributed by atoms with Crippen LogP contribution in [0, 0.1) is 0 Å². The minimum absolute atomic E-state index is 0.995. The van der Waals surface area contributed by atoms with Gasteiger partial charge in [0.05, 0.1) is 18.2 Å². The number of rotatable bonds is 0. The minimum atomic E-state index is 0.995. The predicted octanol–water partition coefficient (Wildman–Crippen LogP) is 0.910. The van der Waals surface area contributed by atoms with Crippen molar-refractivity contribution in [1.82, 2.24) is 9.55 Å². The topological polar surface area (TPSA) is 17.8 Å². The van der Waals surface area contributed by atoms with E-state index in [1.807, 2.05) is 12.5 Å². The molecule has 0 saturated heterocycles. The van der Waals surface area contributed by atoms with Crippen molar-refractivity contribution in [3.8, 4) is 0 Å². The lowest BCUT2D eigenvalue weighted by Crippen LogP contribution is -1.87. The molecule has 0 aromatic carbocycles. The van der Waals surface area contributed by atoms with E-state index >= 15 is 0 Å². The van der Waals surface area contributed by atoms with Crippen LogP contribution in [0.2, 0.25) is 0 Å². The van der Waals surface area contributed by atoms with E-state index in [1.54, 1.807) is 0 Å². The maximum absolute atomic E-state index is 3.96. The first kappa shape index (κ1) is 3.89. The molecule has 0 aliphatic carbocycles. The fourth-order valence-corrected chi connectivity index (χ4v) is 0.909. The Balaban J connectivity index is 2.67. The molecule has 0 spiro atoms. The van der Waals surface area contributed by atoms with E-state index in [0.29, 0.717) is 0 Å². The summed E-state index contributed by atoms with van der Waals surface area (Å²) in [5, 5.41) is 0. The molecule has 8 heavy (non-hydrogen) atoms. The smallest absolute Gasteiger partial charge is 0.0953 e. The molecule has 0 unspecified atom stereocenters. The van der Waals surface area contributed by atoms with Crippen LogP contribution >= 0.6 is 0 Å². The number of hydrogen-bond donors (Lipinski definition) is 0. The Bertz CT molecular complexity index is 222. The lowest BCUT2D eigenvalue weighted by molar-refractivity contribution is 0.837. The van der Waals surface area contributed by atoms with Gasteiger partial charge in [0.2, 0.25) is 0 Å². The van der Waals surface area contributed by atoms with E-state index < -0.39 is 0 Å². The van der Waals surface area contributed by atoms with Crippen molar-refractivity contribution < 1.29 is 0 Å². The van der Waals surface area contributed by atoms with Crippen LogP contribution in [0.3, 0.4) is 0 Å². The lowest BCUT2D eigenvalue weighted by atomic mass is 10.5. The SMILES string of the molecule is C1=Cc2cncn2C1. The average molecular weight is 106 g/mol. The number of imidazole rings is 1. The number of fused-ring (bicyclic) bond motifs is 1. The lowest BCUT2D eigenvalue weighted by Gasteiger charge is -1.88. The van der Waals surface area contributed by atoms with Crippen molar-refractivity contribution in [3.05, 3.63) is 24.3 Å². The quantitative estimate of drug-likeness (QED) is 0.480. The molecule has 0 radical (unpaired) electrons. The van der Waals surface area contributed by atoms with Crippen LogP contribution in [0.1, 0.15) is 5.69 Å². The summed E-state index contributed by atoms with van der Waals surface area (Å²) >= 11 is 0. The molecule has 0 saturated carbocycles. The molecule has 2 nitrogen and oxygen atoms in total. The molecule has 0 fully saturated rings. The summed E-state index contributed by atoms with van der Waals surface area (Å²) in [6.45, 7) is 0.995. The largest absolute Gasteiger partial charge is 0.327 e. The normalized spacial score (nSPS) is 14.5. The summed E-state index contributed by atoms with van der Waals surface area (Å²) in [4.78, 5) is 3.96. The summed E-state index contributed by atoms with van der Waals surface area (Å²) in [6, 6.07) is 0.